The van der Waals surface area contributed by atoms with Crippen LogP contribution in [0.2, 0.25) is 0 Å². The number of halogens is 1. The van der Waals surface area contributed by atoms with Gasteiger partial charge in [0.05, 0.1) is 0 Å². The van der Waals surface area contributed by atoms with E-state index in [1.807, 2.05) is 0 Å². The van der Waals surface area contributed by atoms with E-state index in [9.17, 15) is 0 Å². The Labute approximate surface area is 87.7 Å². The van der Waals surface area contributed by atoms with Gasteiger partial charge in [-0.3, -0.25) is 14.4 Å². The third-order valence-corrected chi connectivity index (χ3v) is 0. The summed E-state index contributed by atoms with van der Waals surface area (Å²) in [6.07, 6.45) is 0. The minimum atomic E-state index is -0.833. The predicted molar refractivity (Wildman–Crippen MR) is 52.2 cm³/mol. The van der Waals surface area contributed by atoms with Gasteiger partial charge < -0.3 is 21.5 Å². The zero-order valence-electron chi connectivity index (χ0n) is 8.18. The second kappa shape index (κ2) is 22.6. The van der Waals surface area contributed by atoms with E-state index in [2.05, 4.69) is 0 Å². The zero-order chi connectivity index (χ0) is 10.7. The van der Waals surface area contributed by atoms with Crippen molar-refractivity contribution in [3.63, 3.8) is 0 Å². The molecule has 6 N–H and O–H groups in total. The Balaban J connectivity index is -0.0000000270. The number of carboxylic acids is 3. The summed E-state index contributed by atoms with van der Waals surface area (Å²) in [4.78, 5) is 27.0. The van der Waals surface area contributed by atoms with E-state index >= 15 is 0 Å². The van der Waals surface area contributed by atoms with Gasteiger partial charge in [-0.1, -0.05) is 0 Å². The quantitative estimate of drug-likeness (QED) is 0.485. The second-order valence-corrected chi connectivity index (χ2v) is 1.56. The Kier molecular flexibility index (Phi) is 47.3. The summed E-state index contributed by atoms with van der Waals surface area (Å²) in [7, 11) is 0. The molecular formula is C6H16ClNO6. The van der Waals surface area contributed by atoms with Crippen molar-refractivity contribution in [3.8, 4) is 0 Å². The van der Waals surface area contributed by atoms with Crippen molar-refractivity contribution in [1.82, 2.24) is 6.15 Å². The smallest absolute Gasteiger partial charge is 0.300 e. The molecule has 0 heterocycles. The lowest BCUT2D eigenvalue weighted by Crippen LogP contribution is -1.78. The highest BCUT2D eigenvalue weighted by Gasteiger charge is 1.66. The highest BCUT2D eigenvalue weighted by molar-refractivity contribution is 5.85. The summed E-state index contributed by atoms with van der Waals surface area (Å²) in [5.74, 6) is -2.50. The van der Waals surface area contributed by atoms with E-state index in [-0.39, 0.29) is 18.6 Å². The van der Waals surface area contributed by atoms with E-state index in [0.29, 0.717) is 0 Å². The lowest BCUT2D eigenvalue weighted by Gasteiger charge is -1.59. The van der Waals surface area contributed by atoms with Crippen LogP contribution >= 0.6 is 12.4 Å². The van der Waals surface area contributed by atoms with E-state index in [0.717, 1.165) is 20.8 Å². The highest BCUT2D eigenvalue weighted by atomic mass is 35.5. The zero-order valence-corrected chi connectivity index (χ0v) is 9.00. The Morgan fingerprint density at radius 3 is 0.714 bits per heavy atom. The normalized spacial score (nSPS) is 5.36. The molecule has 0 aliphatic rings. The maximum atomic E-state index is 9.00. The lowest BCUT2D eigenvalue weighted by atomic mass is 10.9. The number of aliphatic carboxylic acids is 3. The van der Waals surface area contributed by atoms with Crippen LogP contribution in [0.4, 0.5) is 0 Å². The number of rotatable bonds is 0. The standard InChI is InChI=1S/3C2H4O2.ClH.H3N/c3*1-2(3)4;;/h3*1H3,(H,3,4);1H;1H3. The topological polar surface area (TPSA) is 147 Å². The van der Waals surface area contributed by atoms with Crippen LogP contribution in [-0.4, -0.2) is 33.2 Å². The molecule has 0 atom stereocenters. The van der Waals surface area contributed by atoms with Gasteiger partial charge in [0, 0.05) is 20.8 Å². The van der Waals surface area contributed by atoms with E-state index in [4.69, 9.17) is 29.7 Å². The number of hydrogen-bond donors (Lipinski definition) is 4. The van der Waals surface area contributed by atoms with Gasteiger partial charge in [0.15, 0.2) is 0 Å². The molecule has 0 radical (unpaired) electrons. The van der Waals surface area contributed by atoms with Gasteiger partial charge in [0.1, 0.15) is 0 Å². The van der Waals surface area contributed by atoms with Gasteiger partial charge in [0.2, 0.25) is 0 Å². The molecule has 8 heteroatoms. The van der Waals surface area contributed by atoms with E-state index in [1.165, 1.54) is 0 Å². The first-order valence-electron chi connectivity index (χ1n) is 2.78. The monoisotopic (exact) mass is 233 g/mol. The molecule has 0 amide bonds. The van der Waals surface area contributed by atoms with Crippen LogP contribution in [0.15, 0.2) is 0 Å². The van der Waals surface area contributed by atoms with Gasteiger partial charge >= 0.3 is 0 Å². The van der Waals surface area contributed by atoms with Gasteiger partial charge in [-0.05, 0) is 0 Å². The van der Waals surface area contributed by atoms with Gasteiger partial charge in [-0.15, -0.1) is 12.4 Å². The van der Waals surface area contributed by atoms with Crippen LogP contribution in [0.25, 0.3) is 0 Å². The molecule has 0 aromatic carbocycles. The summed E-state index contributed by atoms with van der Waals surface area (Å²) in [5.41, 5.74) is 0. The first kappa shape index (κ1) is 29.3. The maximum Gasteiger partial charge on any atom is 0.300 e. The van der Waals surface area contributed by atoms with Crippen molar-refractivity contribution < 1.29 is 29.7 Å². The van der Waals surface area contributed by atoms with Crippen LogP contribution in [0.5, 0.6) is 0 Å². The van der Waals surface area contributed by atoms with Crippen LogP contribution in [0, 0.1) is 0 Å². The van der Waals surface area contributed by atoms with E-state index < -0.39 is 17.9 Å². The predicted octanol–water partition coefficient (Wildman–Crippen LogP) is 0.856. The summed E-state index contributed by atoms with van der Waals surface area (Å²) in [5, 5.41) is 22.2. The third-order valence-electron chi connectivity index (χ3n) is 0. The fourth-order valence-corrected chi connectivity index (χ4v) is 0. The second-order valence-electron chi connectivity index (χ2n) is 1.56. The largest absolute Gasteiger partial charge is 0.481 e. The molecule has 0 aliphatic carbocycles. The lowest BCUT2D eigenvalue weighted by molar-refractivity contribution is -0.135. The average molecular weight is 234 g/mol. The molecule has 0 aliphatic heterocycles. The Morgan fingerprint density at radius 2 is 0.714 bits per heavy atom. The van der Waals surface area contributed by atoms with Crippen molar-refractivity contribution in [2.45, 2.75) is 20.8 Å². The number of carbonyl (C=O) groups is 3. The van der Waals surface area contributed by atoms with Crippen molar-refractivity contribution in [2.24, 2.45) is 0 Å². The molecule has 0 spiro atoms. The Bertz CT molecular complexity index is 120. The minimum absolute atomic E-state index is 0. The molecule has 0 bridgehead atoms. The molecule has 7 nitrogen and oxygen atoms in total. The van der Waals surface area contributed by atoms with Crippen molar-refractivity contribution in [1.29, 1.82) is 0 Å². The first-order chi connectivity index (χ1) is 5.20. The summed E-state index contributed by atoms with van der Waals surface area (Å²) in [6.45, 7) is 3.25. The molecule has 0 rings (SSSR count). The van der Waals surface area contributed by atoms with Crippen LogP contribution in [0.3, 0.4) is 0 Å². The van der Waals surface area contributed by atoms with Crippen molar-refractivity contribution in [2.75, 3.05) is 0 Å². The number of carboxylic acid groups (broad SMARTS) is 3. The fourth-order valence-electron chi connectivity index (χ4n) is 0. The van der Waals surface area contributed by atoms with E-state index in [1.54, 1.807) is 0 Å². The van der Waals surface area contributed by atoms with Gasteiger partial charge in [-0.25, -0.2) is 0 Å². The Hall–Kier alpha value is -1.34. The average Bonchev–Trinajstić information content (AvgIpc) is 1.54. The van der Waals surface area contributed by atoms with Crippen molar-refractivity contribution in [3.05, 3.63) is 0 Å². The molecule has 0 aromatic rings. The van der Waals surface area contributed by atoms with Crippen molar-refractivity contribution >= 4 is 30.3 Å². The molecule has 14 heavy (non-hydrogen) atoms. The molecule has 88 valence electrons. The van der Waals surface area contributed by atoms with Gasteiger partial charge in [-0.2, -0.15) is 0 Å². The molecule has 0 saturated heterocycles. The highest BCUT2D eigenvalue weighted by Crippen LogP contribution is 1.42. The molecule has 0 unspecified atom stereocenters. The van der Waals surface area contributed by atoms with Crippen LogP contribution in [0.1, 0.15) is 20.8 Å². The van der Waals surface area contributed by atoms with Crippen LogP contribution < -0.4 is 6.15 Å². The molecule has 0 fully saturated rings. The SMILES string of the molecule is CC(=O)O.CC(=O)O.CC(=O)O.Cl.N. The maximum absolute atomic E-state index is 9.00. The van der Waals surface area contributed by atoms with Crippen LogP contribution in [-0.2, 0) is 14.4 Å². The third kappa shape index (κ3) is 554. The summed E-state index contributed by atoms with van der Waals surface area (Å²) >= 11 is 0. The fraction of sp³-hybridized carbons (Fsp3) is 0.500. The molecular weight excluding hydrogens is 218 g/mol. The number of hydrogen-bond acceptors (Lipinski definition) is 4. The summed E-state index contributed by atoms with van der Waals surface area (Å²) < 4.78 is 0. The minimum Gasteiger partial charge on any atom is -0.481 e. The Morgan fingerprint density at radius 1 is 0.714 bits per heavy atom. The van der Waals surface area contributed by atoms with Gasteiger partial charge in [0.25, 0.3) is 17.9 Å². The molecule has 0 aromatic heterocycles. The summed E-state index contributed by atoms with van der Waals surface area (Å²) in [6, 6.07) is 0. The molecule has 0 saturated carbocycles. The first-order valence-corrected chi connectivity index (χ1v) is 2.78.